The van der Waals surface area contributed by atoms with Gasteiger partial charge in [-0.1, -0.05) is 6.42 Å². The van der Waals surface area contributed by atoms with Gasteiger partial charge in [0, 0.05) is 12.6 Å². The molecule has 4 nitrogen and oxygen atoms in total. The van der Waals surface area contributed by atoms with Crippen LogP contribution in [0.5, 0.6) is 0 Å². The summed E-state index contributed by atoms with van der Waals surface area (Å²) in [4.78, 5) is 13.5. The van der Waals surface area contributed by atoms with E-state index in [9.17, 15) is 9.90 Å². The highest BCUT2D eigenvalue weighted by Crippen LogP contribution is 2.22. The van der Waals surface area contributed by atoms with Crippen LogP contribution >= 0.6 is 0 Å². The van der Waals surface area contributed by atoms with Crippen molar-refractivity contribution in [3.05, 3.63) is 0 Å². The van der Waals surface area contributed by atoms with Crippen LogP contribution in [0.3, 0.4) is 0 Å². The number of carbonyl (C=O) groups is 1. The highest BCUT2D eigenvalue weighted by Gasteiger charge is 2.34. The Balaban J connectivity index is 1.99. The van der Waals surface area contributed by atoms with Crippen LogP contribution in [0.1, 0.15) is 25.7 Å². The lowest BCUT2D eigenvalue weighted by Crippen LogP contribution is -2.53. The zero-order valence-electron chi connectivity index (χ0n) is 9.11. The van der Waals surface area contributed by atoms with E-state index in [0.29, 0.717) is 6.54 Å². The number of hydrogen-bond acceptors (Lipinski definition) is 3. The van der Waals surface area contributed by atoms with Gasteiger partial charge in [-0.25, -0.2) is 0 Å². The van der Waals surface area contributed by atoms with E-state index >= 15 is 0 Å². The highest BCUT2D eigenvalue weighted by atomic mass is 16.4. The molecular formula is C11H20N2O2. The molecule has 2 heterocycles. The molecule has 2 fully saturated rings. The highest BCUT2D eigenvalue weighted by molar-refractivity contribution is 5.71. The lowest BCUT2D eigenvalue weighted by molar-refractivity contribution is -0.145. The largest absolute Gasteiger partial charge is 0.481 e. The first kappa shape index (κ1) is 10.9. The first-order valence-corrected chi connectivity index (χ1v) is 5.96. The summed E-state index contributed by atoms with van der Waals surface area (Å²) in [5.74, 6) is -0.852. The van der Waals surface area contributed by atoms with Gasteiger partial charge in [0.05, 0.1) is 5.92 Å². The fraction of sp³-hybridized carbons (Fsp3) is 0.909. The molecular weight excluding hydrogens is 192 g/mol. The molecule has 0 aromatic rings. The average molecular weight is 212 g/mol. The second kappa shape index (κ2) is 4.94. The zero-order valence-corrected chi connectivity index (χ0v) is 9.11. The summed E-state index contributed by atoms with van der Waals surface area (Å²) < 4.78 is 0. The van der Waals surface area contributed by atoms with Gasteiger partial charge in [0.15, 0.2) is 0 Å². The summed E-state index contributed by atoms with van der Waals surface area (Å²) in [5.41, 5.74) is 0. The molecule has 0 aromatic carbocycles. The van der Waals surface area contributed by atoms with Crippen molar-refractivity contribution in [3.8, 4) is 0 Å². The number of likely N-dealkylation sites (tertiary alicyclic amines) is 1. The Kier molecular flexibility index (Phi) is 3.59. The smallest absolute Gasteiger partial charge is 0.309 e. The number of nitrogens with zero attached hydrogens (tertiary/aromatic N) is 1. The molecule has 0 aromatic heterocycles. The predicted molar refractivity (Wildman–Crippen MR) is 57.8 cm³/mol. The average Bonchev–Trinajstić information content (AvgIpc) is 2.30. The molecule has 0 aliphatic carbocycles. The zero-order chi connectivity index (χ0) is 10.7. The van der Waals surface area contributed by atoms with Crippen LogP contribution in [0.2, 0.25) is 0 Å². The van der Waals surface area contributed by atoms with Gasteiger partial charge in [-0.2, -0.15) is 0 Å². The van der Waals surface area contributed by atoms with E-state index in [-0.39, 0.29) is 12.0 Å². The lowest BCUT2D eigenvalue weighted by atomic mass is 9.90. The van der Waals surface area contributed by atoms with E-state index in [0.717, 1.165) is 26.1 Å². The summed E-state index contributed by atoms with van der Waals surface area (Å²) >= 11 is 0. The molecule has 0 saturated carbocycles. The molecule has 0 amide bonds. The SMILES string of the molecule is O=C(O)C1CNCCC1N1CCCCC1. The standard InChI is InChI=1S/C11H20N2O2/c14-11(15)9-8-12-5-4-10(9)13-6-2-1-3-7-13/h9-10,12H,1-8H2,(H,14,15). The Morgan fingerprint density at radius 3 is 2.67 bits per heavy atom. The van der Waals surface area contributed by atoms with Crippen LogP contribution in [0.15, 0.2) is 0 Å². The van der Waals surface area contributed by atoms with E-state index < -0.39 is 5.97 Å². The molecule has 2 saturated heterocycles. The Morgan fingerprint density at radius 1 is 1.27 bits per heavy atom. The maximum Gasteiger partial charge on any atom is 0.309 e. The van der Waals surface area contributed by atoms with Crippen LogP contribution in [0.25, 0.3) is 0 Å². The number of aliphatic carboxylic acids is 1. The molecule has 4 heteroatoms. The van der Waals surface area contributed by atoms with Gasteiger partial charge < -0.3 is 10.4 Å². The fourth-order valence-corrected chi connectivity index (χ4v) is 2.78. The number of piperidine rings is 2. The second-order valence-electron chi connectivity index (χ2n) is 4.60. The first-order valence-electron chi connectivity index (χ1n) is 5.96. The predicted octanol–water partition coefficient (Wildman–Crippen LogP) is 0.535. The van der Waals surface area contributed by atoms with Crippen LogP contribution in [-0.4, -0.2) is 48.2 Å². The van der Waals surface area contributed by atoms with E-state index in [2.05, 4.69) is 10.2 Å². The molecule has 0 spiro atoms. The van der Waals surface area contributed by atoms with Crippen molar-refractivity contribution in [1.29, 1.82) is 0 Å². The quantitative estimate of drug-likeness (QED) is 0.701. The van der Waals surface area contributed by atoms with E-state index in [1.165, 1.54) is 19.3 Å². The third-order valence-corrected chi connectivity index (χ3v) is 3.62. The van der Waals surface area contributed by atoms with Gasteiger partial charge in [0.25, 0.3) is 0 Å². The molecule has 2 atom stereocenters. The number of nitrogens with one attached hydrogen (secondary N) is 1. The van der Waals surface area contributed by atoms with Crippen molar-refractivity contribution in [2.75, 3.05) is 26.2 Å². The number of carboxylic acid groups (broad SMARTS) is 1. The van der Waals surface area contributed by atoms with Crippen molar-refractivity contribution < 1.29 is 9.90 Å². The molecule has 0 radical (unpaired) electrons. The lowest BCUT2D eigenvalue weighted by Gasteiger charge is -2.40. The molecule has 2 unspecified atom stereocenters. The molecule has 2 aliphatic heterocycles. The summed E-state index contributed by atoms with van der Waals surface area (Å²) in [6.45, 7) is 3.78. The molecule has 2 aliphatic rings. The van der Waals surface area contributed by atoms with Gasteiger partial charge in [-0.15, -0.1) is 0 Å². The van der Waals surface area contributed by atoms with Gasteiger partial charge in [-0.3, -0.25) is 9.69 Å². The van der Waals surface area contributed by atoms with Crippen molar-refractivity contribution in [1.82, 2.24) is 10.2 Å². The number of hydrogen-bond donors (Lipinski definition) is 2. The molecule has 0 bridgehead atoms. The van der Waals surface area contributed by atoms with E-state index in [1.54, 1.807) is 0 Å². The monoisotopic (exact) mass is 212 g/mol. The van der Waals surface area contributed by atoms with Crippen LogP contribution < -0.4 is 5.32 Å². The van der Waals surface area contributed by atoms with Crippen LogP contribution in [0, 0.1) is 5.92 Å². The molecule has 15 heavy (non-hydrogen) atoms. The molecule has 2 N–H and O–H groups in total. The summed E-state index contributed by atoms with van der Waals surface area (Å²) in [5, 5.41) is 12.4. The van der Waals surface area contributed by atoms with Crippen LogP contribution in [0.4, 0.5) is 0 Å². The minimum absolute atomic E-state index is 0.211. The maximum atomic E-state index is 11.1. The second-order valence-corrected chi connectivity index (χ2v) is 4.60. The van der Waals surface area contributed by atoms with Crippen molar-refractivity contribution >= 4 is 5.97 Å². The van der Waals surface area contributed by atoms with Crippen molar-refractivity contribution in [3.63, 3.8) is 0 Å². The Hall–Kier alpha value is -0.610. The Bertz CT molecular complexity index is 227. The first-order chi connectivity index (χ1) is 7.29. The number of rotatable bonds is 2. The summed E-state index contributed by atoms with van der Waals surface area (Å²) in [6.07, 6.45) is 4.75. The molecule has 2 rings (SSSR count). The van der Waals surface area contributed by atoms with Gasteiger partial charge >= 0.3 is 5.97 Å². The topological polar surface area (TPSA) is 52.6 Å². The Labute approximate surface area is 90.6 Å². The normalized spacial score (nSPS) is 33.9. The van der Waals surface area contributed by atoms with E-state index in [4.69, 9.17) is 0 Å². The van der Waals surface area contributed by atoms with Crippen LogP contribution in [-0.2, 0) is 4.79 Å². The fourth-order valence-electron chi connectivity index (χ4n) is 2.78. The summed E-state index contributed by atoms with van der Waals surface area (Å²) in [7, 11) is 0. The van der Waals surface area contributed by atoms with Crippen molar-refractivity contribution in [2.45, 2.75) is 31.7 Å². The van der Waals surface area contributed by atoms with Gasteiger partial charge in [0.2, 0.25) is 0 Å². The minimum Gasteiger partial charge on any atom is -0.481 e. The summed E-state index contributed by atoms with van der Waals surface area (Å²) in [6, 6.07) is 0.268. The third kappa shape index (κ3) is 2.49. The minimum atomic E-state index is -0.641. The van der Waals surface area contributed by atoms with Crippen molar-refractivity contribution in [2.24, 2.45) is 5.92 Å². The third-order valence-electron chi connectivity index (χ3n) is 3.62. The number of carboxylic acids is 1. The Morgan fingerprint density at radius 2 is 2.00 bits per heavy atom. The van der Waals surface area contributed by atoms with E-state index in [1.807, 2.05) is 0 Å². The van der Waals surface area contributed by atoms with Gasteiger partial charge in [0.1, 0.15) is 0 Å². The maximum absolute atomic E-state index is 11.1. The molecule has 86 valence electrons. The van der Waals surface area contributed by atoms with Gasteiger partial charge in [-0.05, 0) is 38.9 Å².